The van der Waals surface area contributed by atoms with Crippen LogP contribution in [0.1, 0.15) is 33.6 Å². The Morgan fingerprint density at radius 1 is 1.56 bits per heavy atom. The minimum Gasteiger partial charge on any atom is -0.444 e. The number of alkyl halides is 1. The van der Waals surface area contributed by atoms with E-state index in [9.17, 15) is 9.18 Å². The maximum Gasteiger partial charge on any atom is 0.410 e. The van der Waals surface area contributed by atoms with Crippen LogP contribution in [0.2, 0.25) is 0 Å². The van der Waals surface area contributed by atoms with Crippen molar-refractivity contribution in [3.63, 3.8) is 0 Å². The fourth-order valence-electron chi connectivity index (χ4n) is 3.08. The predicted octanol–water partition coefficient (Wildman–Crippen LogP) is 1.93. The van der Waals surface area contributed by atoms with Crippen LogP contribution in [-0.4, -0.2) is 41.9 Å². The molecule has 3 fully saturated rings. The highest BCUT2D eigenvalue weighted by Crippen LogP contribution is 2.49. The van der Waals surface area contributed by atoms with Crippen molar-refractivity contribution >= 4 is 6.09 Å². The number of halogens is 1. The molecule has 0 spiro atoms. The van der Waals surface area contributed by atoms with E-state index >= 15 is 0 Å². The lowest BCUT2D eigenvalue weighted by Gasteiger charge is -2.38. The molecule has 0 radical (unpaired) electrons. The average molecular weight is 258 g/mol. The van der Waals surface area contributed by atoms with E-state index < -0.39 is 11.8 Å². The second-order valence-corrected chi connectivity index (χ2v) is 6.37. The highest BCUT2D eigenvalue weighted by molar-refractivity contribution is 5.69. The topological polar surface area (TPSA) is 55.6 Å². The summed E-state index contributed by atoms with van der Waals surface area (Å²) >= 11 is 0. The van der Waals surface area contributed by atoms with E-state index in [4.69, 9.17) is 10.5 Å². The van der Waals surface area contributed by atoms with Crippen LogP contribution in [0, 0.1) is 11.8 Å². The van der Waals surface area contributed by atoms with Crippen LogP contribution in [0.4, 0.5) is 9.18 Å². The van der Waals surface area contributed by atoms with Gasteiger partial charge in [-0.05, 0) is 46.1 Å². The Hall–Kier alpha value is -0.840. The van der Waals surface area contributed by atoms with Crippen molar-refractivity contribution in [2.24, 2.45) is 17.6 Å². The second-order valence-electron chi connectivity index (χ2n) is 6.37. The molecule has 3 rings (SSSR count). The normalized spacial score (nSPS) is 32.1. The van der Waals surface area contributed by atoms with Gasteiger partial charge in [-0.1, -0.05) is 0 Å². The van der Waals surface area contributed by atoms with Gasteiger partial charge in [-0.2, -0.15) is 0 Å². The number of ether oxygens (including phenoxy) is 1. The number of nitrogens with two attached hydrogens (primary N) is 1. The van der Waals surface area contributed by atoms with Gasteiger partial charge in [0.15, 0.2) is 0 Å². The van der Waals surface area contributed by atoms with Crippen molar-refractivity contribution in [2.45, 2.75) is 51.4 Å². The molecule has 2 saturated heterocycles. The fraction of sp³-hybridized carbons (Fsp3) is 0.923. The fourth-order valence-corrected chi connectivity index (χ4v) is 3.08. The number of carbonyl (C=O) groups excluding carboxylic acids is 1. The van der Waals surface area contributed by atoms with Crippen LogP contribution < -0.4 is 5.73 Å². The number of hydrogen-bond acceptors (Lipinski definition) is 3. The molecule has 2 bridgehead atoms. The summed E-state index contributed by atoms with van der Waals surface area (Å²) in [5.41, 5.74) is 4.90. The summed E-state index contributed by atoms with van der Waals surface area (Å²) < 4.78 is 19.3. The number of fused-ring (bicyclic) bond motifs is 1. The molecule has 104 valence electrons. The lowest BCUT2D eigenvalue weighted by molar-refractivity contribution is 0.0120. The molecule has 4 atom stereocenters. The van der Waals surface area contributed by atoms with Crippen molar-refractivity contribution in [1.82, 2.24) is 4.90 Å². The first-order chi connectivity index (χ1) is 8.33. The van der Waals surface area contributed by atoms with Gasteiger partial charge >= 0.3 is 6.09 Å². The Kier molecular flexibility index (Phi) is 3.54. The molecule has 5 heteroatoms. The van der Waals surface area contributed by atoms with E-state index in [0.717, 1.165) is 6.42 Å². The monoisotopic (exact) mass is 258 g/mol. The van der Waals surface area contributed by atoms with Gasteiger partial charge in [-0.15, -0.1) is 0 Å². The third-order valence-corrected chi connectivity index (χ3v) is 3.85. The molecule has 4 nitrogen and oxygen atoms in total. The van der Waals surface area contributed by atoms with Gasteiger partial charge in [0.25, 0.3) is 0 Å². The summed E-state index contributed by atoms with van der Waals surface area (Å²) in [7, 11) is 0. The number of amides is 1. The molecule has 2 heterocycles. The summed E-state index contributed by atoms with van der Waals surface area (Å²) in [6, 6.07) is 0.0198. The van der Waals surface area contributed by atoms with Crippen molar-refractivity contribution in [1.29, 1.82) is 0 Å². The summed E-state index contributed by atoms with van der Waals surface area (Å²) in [5, 5.41) is 0. The van der Waals surface area contributed by atoms with Crippen LogP contribution in [0.3, 0.4) is 0 Å². The minimum absolute atomic E-state index is 0.0198. The van der Waals surface area contributed by atoms with Crippen molar-refractivity contribution in [2.75, 3.05) is 13.1 Å². The average Bonchev–Trinajstić information content (AvgIpc) is 2.71. The number of carbonyl (C=O) groups is 1. The van der Waals surface area contributed by atoms with Crippen LogP contribution in [-0.2, 0) is 4.74 Å². The first-order valence-electron chi connectivity index (χ1n) is 6.67. The van der Waals surface area contributed by atoms with Gasteiger partial charge in [-0.25, -0.2) is 9.18 Å². The van der Waals surface area contributed by atoms with Crippen LogP contribution in [0.15, 0.2) is 0 Å². The van der Waals surface area contributed by atoms with Gasteiger partial charge in [-0.3, -0.25) is 0 Å². The SMILES string of the molecule is CC(C)(C)OC(=O)N1C[C@@H]2C[C@H]1C2C(F)CCN. The lowest BCUT2D eigenvalue weighted by atomic mass is 9.70. The molecule has 2 aliphatic heterocycles. The molecule has 1 amide bonds. The quantitative estimate of drug-likeness (QED) is 0.841. The summed E-state index contributed by atoms with van der Waals surface area (Å²) in [5.74, 6) is 0.269. The summed E-state index contributed by atoms with van der Waals surface area (Å²) in [6.07, 6.45) is 0.109. The zero-order chi connectivity index (χ0) is 13.5. The Balaban J connectivity index is 1.93. The number of nitrogens with zero attached hydrogens (tertiary/aromatic N) is 1. The Labute approximate surface area is 108 Å². The Bertz CT molecular complexity index is 329. The van der Waals surface area contributed by atoms with Gasteiger partial charge in [0.1, 0.15) is 11.8 Å². The lowest BCUT2D eigenvalue weighted by Crippen LogP contribution is -2.47. The standard InChI is InChI=1S/C13H23FN2O2/c1-13(2,3)18-12(17)16-7-8-6-10(16)11(8)9(14)4-5-15/h8-11H,4-7,15H2,1-3H3/t8-,9?,10-,11?/m0/s1. The highest BCUT2D eigenvalue weighted by Gasteiger charge is 2.57. The molecular formula is C13H23FN2O2. The maximum atomic E-state index is 13.9. The van der Waals surface area contributed by atoms with E-state index in [2.05, 4.69) is 0 Å². The van der Waals surface area contributed by atoms with Crippen LogP contribution >= 0.6 is 0 Å². The smallest absolute Gasteiger partial charge is 0.410 e. The van der Waals surface area contributed by atoms with Crippen LogP contribution in [0.25, 0.3) is 0 Å². The minimum atomic E-state index is -0.883. The van der Waals surface area contributed by atoms with E-state index in [1.807, 2.05) is 20.8 Å². The molecule has 2 unspecified atom stereocenters. The van der Waals surface area contributed by atoms with Crippen molar-refractivity contribution < 1.29 is 13.9 Å². The Morgan fingerprint density at radius 2 is 2.22 bits per heavy atom. The third kappa shape index (κ3) is 2.46. The predicted molar refractivity (Wildman–Crippen MR) is 66.9 cm³/mol. The molecule has 0 aromatic rings. The highest BCUT2D eigenvalue weighted by atomic mass is 19.1. The second kappa shape index (κ2) is 4.68. The van der Waals surface area contributed by atoms with E-state index in [1.54, 1.807) is 4.90 Å². The zero-order valence-electron chi connectivity index (χ0n) is 11.4. The van der Waals surface area contributed by atoms with Crippen LogP contribution in [0.5, 0.6) is 0 Å². The van der Waals surface area contributed by atoms with Gasteiger partial charge in [0, 0.05) is 18.5 Å². The third-order valence-electron chi connectivity index (χ3n) is 3.85. The molecule has 3 aliphatic rings. The molecule has 18 heavy (non-hydrogen) atoms. The molecule has 1 aliphatic carbocycles. The van der Waals surface area contributed by atoms with E-state index in [-0.39, 0.29) is 18.1 Å². The summed E-state index contributed by atoms with van der Waals surface area (Å²) in [4.78, 5) is 13.7. The summed E-state index contributed by atoms with van der Waals surface area (Å²) in [6.45, 7) is 6.53. The first-order valence-corrected chi connectivity index (χ1v) is 6.67. The van der Waals surface area contributed by atoms with Crippen molar-refractivity contribution in [3.05, 3.63) is 0 Å². The van der Waals surface area contributed by atoms with Gasteiger partial charge < -0.3 is 15.4 Å². The molecule has 2 N–H and O–H groups in total. The van der Waals surface area contributed by atoms with E-state index in [0.29, 0.717) is 25.4 Å². The van der Waals surface area contributed by atoms with Gasteiger partial charge in [0.2, 0.25) is 0 Å². The Morgan fingerprint density at radius 3 is 2.78 bits per heavy atom. The largest absolute Gasteiger partial charge is 0.444 e. The maximum absolute atomic E-state index is 13.9. The van der Waals surface area contributed by atoms with Gasteiger partial charge in [0.05, 0.1) is 0 Å². The van der Waals surface area contributed by atoms with Crippen molar-refractivity contribution in [3.8, 4) is 0 Å². The molecule has 0 aromatic carbocycles. The molecule has 0 aromatic heterocycles. The molecule has 1 saturated carbocycles. The molecular weight excluding hydrogens is 235 g/mol. The number of rotatable bonds is 3. The zero-order valence-corrected chi connectivity index (χ0v) is 11.4. The van der Waals surface area contributed by atoms with E-state index in [1.165, 1.54) is 0 Å². The number of hydrogen-bond donors (Lipinski definition) is 1. The first kappa shape index (κ1) is 13.6.